The van der Waals surface area contributed by atoms with Gasteiger partial charge >= 0.3 is 5.97 Å². The van der Waals surface area contributed by atoms with E-state index >= 15 is 0 Å². The van der Waals surface area contributed by atoms with Crippen LogP contribution < -0.4 is 0 Å². The van der Waals surface area contributed by atoms with E-state index in [0.29, 0.717) is 19.3 Å². The summed E-state index contributed by atoms with van der Waals surface area (Å²) in [5.41, 5.74) is -0.637. The van der Waals surface area contributed by atoms with Crippen molar-refractivity contribution in [3.05, 3.63) is 12.2 Å². The van der Waals surface area contributed by atoms with Crippen LogP contribution in [0.15, 0.2) is 12.2 Å². The van der Waals surface area contributed by atoms with E-state index < -0.39 is 60.0 Å². The highest BCUT2D eigenvalue weighted by molar-refractivity contribution is 5.91. The molecule has 3 heterocycles. The summed E-state index contributed by atoms with van der Waals surface area (Å²) in [4.78, 5) is 40.0. The number of aliphatic hydroxyl groups excluding tert-OH is 2. The normalized spacial score (nSPS) is 44.8. The van der Waals surface area contributed by atoms with Crippen molar-refractivity contribution in [2.24, 2.45) is 23.7 Å². The van der Waals surface area contributed by atoms with Gasteiger partial charge in [0.05, 0.1) is 30.8 Å². The molecule has 0 spiro atoms. The quantitative estimate of drug-likeness (QED) is 0.274. The van der Waals surface area contributed by atoms with Gasteiger partial charge < -0.3 is 38.9 Å². The Morgan fingerprint density at radius 1 is 1.12 bits per heavy atom. The number of nitrogens with zero attached hydrogens (tertiary/aromatic N) is 1. The Labute approximate surface area is 244 Å². The third kappa shape index (κ3) is 8.24. The maximum atomic E-state index is 13.2. The first-order valence-electron chi connectivity index (χ1n) is 15.1. The van der Waals surface area contributed by atoms with Gasteiger partial charge in [0.25, 0.3) is 0 Å². The van der Waals surface area contributed by atoms with Crippen LogP contribution >= 0.6 is 0 Å². The van der Waals surface area contributed by atoms with Crippen molar-refractivity contribution in [2.75, 3.05) is 14.1 Å². The third-order valence-corrected chi connectivity index (χ3v) is 9.29. The minimum Gasteiger partial charge on any atom is -0.462 e. The summed E-state index contributed by atoms with van der Waals surface area (Å²) in [5.74, 6) is -2.32. The van der Waals surface area contributed by atoms with Crippen LogP contribution in [0.5, 0.6) is 0 Å². The number of aliphatic hydroxyl groups is 2. The molecule has 0 radical (unpaired) electrons. The summed E-state index contributed by atoms with van der Waals surface area (Å²) >= 11 is 0. The fraction of sp³-hybridized carbons (Fsp3) is 0.839. The number of allylic oxidation sites excluding steroid dienone is 1. The standard InChI is InChI=1S/C31H51NO9/c1-9-25-20(5)29-31(6,41-29)12-10-23(34)17(2)14-21(11-13-33)28(19(4)24(35)16-26(36)39-25)40-30-27(37)22(32(7)8)15-18(3)38-30/h10,12-13,17-22,24-25,27-30,35,37H,9,11,14-16H2,1-8H3/t17-,18-,19+,20-,21+,22+,24-,25-,27-,28?,29+,30+,31+/m1/s1. The molecule has 2 N–H and O–H groups in total. The number of aldehydes is 1. The fourth-order valence-electron chi connectivity index (χ4n) is 6.50. The number of epoxide rings is 1. The van der Waals surface area contributed by atoms with Crippen LogP contribution in [0.3, 0.4) is 0 Å². The predicted octanol–water partition coefficient (Wildman–Crippen LogP) is 2.67. The number of carbonyl (C=O) groups is 3. The highest BCUT2D eigenvalue weighted by atomic mass is 16.7. The summed E-state index contributed by atoms with van der Waals surface area (Å²) in [5, 5.41) is 22.4. The number of esters is 1. The maximum absolute atomic E-state index is 13.2. The van der Waals surface area contributed by atoms with Crippen LogP contribution in [0.1, 0.15) is 73.6 Å². The Balaban J connectivity index is 1.95. The topological polar surface area (TPSA) is 135 Å². The molecule has 3 aliphatic heterocycles. The van der Waals surface area contributed by atoms with E-state index in [-0.39, 0.29) is 42.8 Å². The van der Waals surface area contributed by atoms with Crippen LogP contribution in [0.25, 0.3) is 0 Å². The van der Waals surface area contributed by atoms with E-state index in [1.165, 1.54) is 0 Å². The Morgan fingerprint density at radius 2 is 1.80 bits per heavy atom. The first kappa shape index (κ1) is 33.8. The summed E-state index contributed by atoms with van der Waals surface area (Å²) in [6.07, 6.45) is 0.627. The lowest BCUT2D eigenvalue weighted by Crippen LogP contribution is -2.56. The predicted molar refractivity (Wildman–Crippen MR) is 152 cm³/mol. The zero-order valence-electron chi connectivity index (χ0n) is 25.9. The van der Waals surface area contributed by atoms with Gasteiger partial charge in [-0.25, -0.2) is 0 Å². The first-order chi connectivity index (χ1) is 19.2. The summed E-state index contributed by atoms with van der Waals surface area (Å²) < 4.78 is 24.2. The number of cyclic esters (lactones) is 1. The molecule has 3 rings (SSSR count). The number of ketones is 1. The van der Waals surface area contributed by atoms with Gasteiger partial charge in [0.2, 0.25) is 0 Å². The van der Waals surface area contributed by atoms with Crippen molar-refractivity contribution in [2.45, 2.75) is 128 Å². The number of carbonyl (C=O) groups excluding carboxylic acids is 3. The average Bonchev–Trinajstić information content (AvgIpc) is 3.60. The van der Waals surface area contributed by atoms with E-state index in [1.807, 2.05) is 53.6 Å². The number of ether oxygens (including phenoxy) is 4. The summed E-state index contributed by atoms with van der Waals surface area (Å²) in [6.45, 7) is 11.3. The lowest BCUT2D eigenvalue weighted by atomic mass is 9.79. The van der Waals surface area contributed by atoms with Gasteiger partial charge in [0.15, 0.2) is 12.1 Å². The smallest absolute Gasteiger partial charge is 0.308 e. The van der Waals surface area contributed by atoms with Gasteiger partial charge in [-0.15, -0.1) is 0 Å². The highest BCUT2D eigenvalue weighted by Crippen LogP contribution is 2.45. The van der Waals surface area contributed by atoms with Crippen molar-refractivity contribution in [3.8, 4) is 0 Å². The van der Waals surface area contributed by atoms with Gasteiger partial charge in [-0.05, 0) is 65.3 Å². The molecule has 0 aromatic heterocycles. The van der Waals surface area contributed by atoms with Gasteiger partial charge in [-0.2, -0.15) is 0 Å². The molecule has 1 unspecified atom stereocenters. The molecule has 234 valence electrons. The average molecular weight is 582 g/mol. The molecule has 0 aromatic carbocycles. The lowest BCUT2D eigenvalue weighted by molar-refractivity contribution is -0.283. The summed E-state index contributed by atoms with van der Waals surface area (Å²) in [7, 11) is 3.76. The van der Waals surface area contributed by atoms with Gasteiger partial charge in [-0.3, -0.25) is 9.59 Å². The van der Waals surface area contributed by atoms with Gasteiger partial charge in [0, 0.05) is 30.2 Å². The Kier molecular flexibility index (Phi) is 11.7. The fourth-order valence-corrected chi connectivity index (χ4v) is 6.50. The lowest BCUT2D eigenvalue weighted by Gasteiger charge is -2.44. The van der Waals surface area contributed by atoms with E-state index in [1.54, 1.807) is 19.1 Å². The third-order valence-electron chi connectivity index (χ3n) is 9.29. The molecule has 10 heteroatoms. The first-order valence-corrected chi connectivity index (χ1v) is 15.1. The van der Waals surface area contributed by atoms with Crippen molar-refractivity contribution in [1.29, 1.82) is 0 Å². The SMILES string of the molecule is CC[C@H]1OC(=O)C[C@@H](O)[C@H](C)C(O[C@@H]2O[C@H](C)C[C@H](N(C)C)[C@H]2O)[C@@H](CC=O)C[C@@H](C)C(=O)C=C[C@]2(C)O[C@H]2[C@@H]1C. The summed E-state index contributed by atoms with van der Waals surface area (Å²) in [6, 6.07) is -0.219. The molecule has 10 nitrogen and oxygen atoms in total. The molecular formula is C31H51NO9. The largest absolute Gasteiger partial charge is 0.462 e. The molecule has 0 amide bonds. The van der Waals surface area contributed by atoms with Crippen molar-refractivity contribution in [3.63, 3.8) is 0 Å². The minimum absolute atomic E-state index is 0.0707. The van der Waals surface area contributed by atoms with Crippen LogP contribution in [0.2, 0.25) is 0 Å². The maximum Gasteiger partial charge on any atom is 0.308 e. The van der Waals surface area contributed by atoms with Crippen LogP contribution in [-0.4, -0.2) is 102 Å². The van der Waals surface area contributed by atoms with Crippen molar-refractivity contribution >= 4 is 18.0 Å². The Bertz CT molecular complexity index is 941. The Morgan fingerprint density at radius 3 is 2.41 bits per heavy atom. The van der Waals surface area contributed by atoms with Crippen molar-refractivity contribution < 1.29 is 43.5 Å². The molecule has 0 aromatic rings. The van der Waals surface area contributed by atoms with E-state index in [2.05, 4.69) is 0 Å². The van der Waals surface area contributed by atoms with E-state index in [4.69, 9.17) is 18.9 Å². The number of hydrogen-bond acceptors (Lipinski definition) is 10. The van der Waals surface area contributed by atoms with Gasteiger partial charge in [-0.1, -0.05) is 27.7 Å². The highest BCUT2D eigenvalue weighted by Gasteiger charge is 2.55. The second-order valence-electron chi connectivity index (χ2n) is 12.9. The number of hydrogen-bond donors (Lipinski definition) is 2. The molecular weight excluding hydrogens is 530 g/mol. The zero-order valence-corrected chi connectivity index (χ0v) is 25.9. The molecule has 0 aliphatic carbocycles. The molecule has 13 atom stereocenters. The monoisotopic (exact) mass is 581 g/mol. The Hall–Kier alpha value is -1.69. The van der Waals surface area contributed by atoms with Gasteiger partial charge in [0.1, 0.15) is 24.1 Å². The van der Waals surface area contributed by atoms with Crippen LogP contribution in [-0.2, 0) is 33.3 Å². The number of fused-ring (bicyclic) bond motifs is 1. The molecule has 0 saturated carbocycles. The zero-order chi connectivity index (χ0) is 30.6. The molecule has 41 heavy (non-hydrogen) atoms. The van der Waals surface area contributed by atoms with Crippen LogP contribution in [0.4, 0.5) is 0 Å². The molecule has 3 aliphatic rings. The van der Waals surface area contributed by atoms with E-state index in [0.717, 1.165) is 6.29 Å². The van der Waals surface area contributed by atoms with E-state index in [9.17, 15) is 24.6 Å². The second kappa shape index (κ2) is 14.2. The second-order valence-corrected chi connectivity index (χ2v) is 12.9. The van der Waals surface area contributed by atoms with Crippen LogP contribution in [0, 0.1) is 23.7 Å². The number of rotatable bonds is 6. The molecule has 2 saturated heterocycles. The minimum atomic E-state index is -1.15. The molecule has 0 bridgehead atoms. The van der Waals surface area contributed by atoms with Crippen molar-refractivity contribution in [1.82, 2.24) is 4.90 Å². The number of likely N-dealkylation sites (N-methyl/N-ethyl adjacent to an activating group) is 1. The molecule has 2 fully saturated rings.